The number of morpholine rings is 1. The average molecular weight is 298 g/mol. The molecule has 3 N–H and O–H groups in total. The first-order valence-electron chi connectivity index (χ1n) is 6.66. The fourth-order valence-corrected chi connectivity index (χ4v) is 2.44. The Morgan fingerprint density at radius 1 is 1.55 bits per heavy atom. The molecule has 1 aromatic rings. The van der Waals surface area contributed by atoms with Crippen LogP contribution < -0.4 is 11.1 Å². The van der Waals surface area contributed by atoms with Gasteiger partial charge in [-0.05, 0) is 32.0 Å². The van der Waals surface area contributed by atoms with Gasteiger partial charge in [-0.15, -0.1) is 0 Å². The molecule has 2 unspecified atom stereocenters. The summed E-state index contributed by atoms with van der Waals surface area (Å²) in [5.41, 5.74) is 6.78. The van der Waals surface area contributed by atoms with E-state index in [1.807, 2.05) is 6.92 Å². The first kappa shape index (κ1) is 15.1. The first-order chi connectivity index (χ1) is 9.45. The van der Waals surface area contributed by atoms with Crippen molar-refractivity contribution in [2.24, 2.45) is 0 Å². The van der Waals surface area contributed by atoms with Gasteiger partial charge < -0.3 is 15.8 Å². The lowest BCUT2D eigenvalue weighted by atomic mass is 10.2. The monoisotopic (exact) mass is 297 g/mol. The molecule has 1 fully saturated rings. The smallest absolute Gasteiger partial charge is 0.238 e. The van der Waals surface area contributed by atoms with Gasteiger partial charge in [0.05, 0.1) is 30.0 Å². The largest absolute Gasteiger partial charge is 0.399 e. The molecule has 0 aliphatic carbocycles. The number of rotatable bonds is 3. The van der Waals surface area contributed by atoms with Crippen molar-refractivity contribution in [2.45, 2.75) is 26.0 Å². The van der Waals surface area contributed by atoms with Crippen LogP contribution in [0.5, 0.6) is 0 Å². The molecule has 2 rings (SSSR count). The van der Waals surface area contributed by atoms with Crippen molar-refractivity contribution >= 4 is 28.9 Å². The molecule has 0 radical (unpaired) electrons. The number of nitrogens with zero attached hydrogens (tertiary/aromatic N) is 1. The minimum Gasteiger partial charge on any atom is -0.399 e. The Morgan fingerprint density at radius 3 is 3.00 bits per heavy atom. The molecule has 0 saturated carbocycles. The Labute approximate surface area is 124 Å². The van der Waals surface area contributed by atoms with Crippen molar-refractivity contribution in [1.82, 2.24) is 4.90 Å². The summed E-state index contributed by atoms with van der Waals surface area (Å²) in [6.45, 7) is 5.79. The topological polar surface area (TPSA) is 67.6 Å². The molecule has 110 valence electrons. The molecule has 6 heteroatoms. The Morgan fingerprint density at radius 2 is 2.30 bits per heavy atom. The number of carbonyl (C=O) groups excluding carboxylic acids is 1. The van der Waals surface area contributed by atoms with E-state index in [0.29, 0.717) is 29.5 Å². The van der Waals surface area contributed by atoms with Crippen molar-refractivity contribution in [3.8, 4) is 0 Å². The number of nitrogens with one attached hydrogen (secondary N) is 1. The quantitative estimate of drug-likeness (QED) is 0.837. The molecule has 0 bridgehead atoms. The van der Waals surface area contributed by atoms with Gasteiger partial charge in [0.2, 0.25) is 5.91 Å². The summed E-state index contributed by atoms with van der Waals surface area (Å²) >= 11 is 6.04. The second kappa shape index (κ2) is 6.43. The average Bonchev–Trinajstić information content (AvgIpc) is 2.37. The zero-order chi connectivity index (χ0) is 14.7. The van der Waals surface area contributed by atoms with Crippen LogP contribution in [0.25, 0.3) is 0 Å². The predicted octanol–water partition coefficient (Wildman–Crippen LogP) is 1.97. The molecule has 1 aromatic carbocycles. The minimum absolute atomic E-state index is 0.0855. The molecule has 0 spiro atoms. The van der Waals surface area contributed by atoms with Crippen LogP contribution >= 0.6 is 11.6 Å². The van der Waals surface area contributed by atoms with E-state index in [9.17, 15) is 4.79 Å². The summed E-state index contributed by atoms with van der Waals surface area (Å²) in [7, 11) is 0. The molecule has 2 atom stereocenters. The Bertz CT molecular complexity index is 495. The van der Waals surface area contributed by atoms with E-state index >= 15 is 0 Å². The van der Waals surface area contributed by atoms with E-state index < -0.39 is 0 Å². The van der Waals surface area contributed by atoms with Crippen LogP contribution in [0.15, 0.2) is 18.2 Å². The number of anilines is 2. The third-order valence-electron chi connectivity index (χ3n) is 3.35. The van der Waals surface area contributed by atoms with Gasteiger partial charge in [-0.25, -0.2) is 0 Å². The molecule has 1 heterocycles. The summed E-state index contributed by atoms with van der Waals surface area (Å²) in [6, 6.07) is 5.28. The van der Waals surface area contributed by atoms with Gasteiger partial charge in [0.25, 0.3) is 0 Å². The summed E-state index contributed by atoms with van der Waals surface area (Å²) in [5, 5.41) is 3.26. The van der Waals surface area contributed by atoms with E-state index in [1.54, 1.807) is 18.2 Å². The highest BCUT2D eigenvalue weighted by Crippen LogP contribution is 2.24. The Balaban J connectivity index is 1.94. The molecular weight excluding hydrogens is 278 g/mol. The summed E-state index contributed by atoms with van der Waals surface area (Å²) in [4.78, 5) is 14.2. The zero-order valence-electron chi connectivity index (χ0n) is 11.7. The predicted molar refractivity (Wildman–Crippen MR) is 80.9 cm³/mol. The van der Waals surface area contributed by atoms with Crippen LogP contribution in [0, 0.1) is 0 Å². The second-order valence-corrected chi connectivity index (χ2v) is 5.62. The van der Waals surface area contributed by atoms with E-state index in [4.69, 9.17) is 22.1 Å². The number of benzene rings is 1. The standard InChI is InChI=1S/C14H20ClN3O2/c1-9-8-20-10(2)6-18(9)7-14(19)17-13-4-3-11(16)5-12(13)15/h3-5,9-10H,6-8,16H2,1-2H3,(H,17,19). The van der Waals surface area contributed by atoms with E-state index in [-0.39, 0.29) is 18.1 Å². The third-order valence-corrected chi connectivity index (χ3v) is 3.66. The van der Waals surface area contributed by atoms with Gasteiger partial charge in [0.1, 0.15) is 0 Å². The number of carbonyl (C=O) groups is 1. The fraction of sp³-hybridized carbons (Fsp3) is 0.500. The number of hydrogen-bond acceptors (Lipinski definition) is 4. The van der Waals surface area contributed by atoms with Gasteiger partial charge in [-0.2, -0.15) is 0 Å². The molecular formula is C14H20ClN3O2. The van der Waals surface area contributed by atoms with Crippen molar-refractivity contribution in [1.29, 1.82) is 0 Å². The lowest BCUT2D eigenvalue weighted by Crippen LogP contribution is -2.50. The van der Waals surface area contributed by atoms with Crippen LogP contribution in [0.3, 0.4) is 0 Å². The van der Waals surface area contributed by atoms with Crippen LogP contribution in [-0.2, 0) is 9.53 Å². The van der Waals surface area contributed by atoms with E-state index in [0.717, 1.165) is 6.54 Å². The molecule has 1 amide bonds. The molecule has 20 heavy (non-hydrogen) atoms. The van der Waals surface area contributed by atoms with E-state index in [2.05, 4.69) is 17.1 Å². The van der Waals surface area contributed by atoms with Crippen LogP contribution in [-0.4, -0.2) is 42.6 Å². The fourth-order valence-electron chi connectivity index (χ4n) is 2.20. The van der Waals surface area contributed by atoms with Crippen molar-refractivity contribution < 1.29 is 9.53 Å². The zero-order valence-corrected chi connectivity index (χ0v) is 12.5. The van der Waals surface area contributed by atoms with E-state index in [1.165, 1.54) is 0 Å². The Kier molecular flexibility index (Phi) is 4.86. The van der Waals surface area contributed by atoms with Crippen molar-refractivity contribution in [2.75, 3.05) is 30.7 Å². The van der Waals surface area contributed by atoms with Crippen LogP contribution in [0.2, 0.25) is 5.02 Å². The van der Waals surface area contributed by atoms with Gasteiger partial charge >= 0.3 is 0 Å². The maximum atomic E-state index is 12.1. The van der Waals surface area contributed by atoms with Crippen molar-refractivity contribution in [3.63, 3.8) is 0 Å². The van der Waals surface area contributed by atoms with Gasteiger partial charge in [0, 0.05) is 18.3 Å². The third kappa shape index (κ3) is 3.85. The number of nitrogen functional groups attached to an aromatic ring is 1. The summed E-state index contributed by atoms with van der Waals surface area (Å²) in [6.07, 6.45) is 0.152. The highest BCUT2D eigenvalue weighted by atomic mass is 35.5. The maximum absolute atomic E-state index is 12.1. The van der Waals surface area contributed by atoms with Gasteiger partial charge in [0.15, 0.2) is 0 Å². The highest BCUT2D eigenvalue weighted by molar-refractivity contribution is 6.34. The Hall–Kier alpha value is -1.30. The number of ether oxygens (including phenoxy) is 1. The van der Waals surface area contributed by atoms with Crippen LogP contribution in [0.4, 0.5) is 11.4 Å². The van der Waals surface area contributed by atoms with Gasteiger partial charge in [-0.3, -0.25) is 9.69 Å². The SMILES string of the molecule is CC1CN(CC(=O)Nc2ccc(N)cc2Cl)C(C)CO1. The van der Waals surface area contributed by atoms with Crippen molar-refractivity contribution in [3.05, 3.63) is 23.2 Å². The maximum Gasteiger partial charge on any atom is 0.238 e. The lowest BCUT2D eigenvalue weighted by Gasteiger charge is -2.36. The highest BCUT2D eigenvalue weighted by Gasteiger charge is 2.25. The normalized spacial score (nSPS) is 23.6. The summed E-state index contributed by atoms with van der Waals surface area (Å²) in [5.74, 6) is -0.0855. The molecule has 1 saturated heterocycles. The number of hydrogen-bond donors (Lipinski definition) is 2. The first-order valence-corrected chi connectivity index (χ1v) is 7.04. The molecule has 0 aromatic heterocycles. The second-order valence-electron chi connectivity index (χ2n) is 5.21. The van der Waals surface area contributed by atoms with Crippen LogP contribution in [0.1, 0.15) is 13.8 Å². The lowest BCUT2D eigenvalue weighted by molar-refractivity contribution is -0.121. The molecule has 1 aliphatic heterocycles. The molecule has 1 aliphatic rings. The number of amides is 1. The number of halogens is 1. The molecule has 5 nitrogen and oxygen atoms in total. The number of nitrogens with two attached hydrogens (primary N) is 1. The van der Waals surface area contributed by atoms with Gasteiger partial charge in [-0.1, -0.05) is 11.6 Å². The minimum atomic E-state index is -0.0855. The summed E-state index contributed by atoms with van der Waals surface area (Å²) < 4.78 is 5.54.